The molecule has 0 aliphatic carbocycles. The minimum Gasteiger partial charge on any atom is -0.210 e. The van der Waals surface area contributed by atoms with Crippen molar-refractivity contribution in [2.45, 2.75) is 0 Å². The van der Waals surface area contributed by atoms with Crippen LogP contribution in [0, 0.1) is 11.3 Å². The number of hydrogen-bond acceptors (Lipinski definition) is 4. The normalized spacial score (nSPS) is 9.22. The summed E-state index contributed by atoms with van der Waals surface area (Å²) < 4.78 is 22.7. The molecule has 0 saturated carbocycles. The molecule has 0 radical (unpaired) electrons. The second-order valence-electron chi connectivity index (χ2n) is 1.07. The van der Waals surface area contributed by atoms with Gasteiger partial charge in [-0.15, -0.1) is 0 Å². The van der Waals surface area contributed by atoms with Crippen LogP contribution >= 0.6 is 0 Å². The number of nitrogens with zero attached hydrogens (tertiary/aromatic N) is 2. The SMILES string of the molecule is N#CCS(=O)(=O)N=C=O. The summed E-state index contributed by atoms with van der Waals surface area (Å²) in [6, 6.07) is 1.33. The lowest BCUT2D eigenvalue weighted by atomic mass is 10.9. The number of carbonyl (C=O) groups excluding carboxylic acids is 1. The molecule has 9 heavy (non-hydrogen) atoms. The third kappa shape index (κ3) is 3.41. The fourth-order valence-electron chi connectivity index (χ4n) is 0.171. The molecule has 0 bridgehead atoms. The molecule has 6 heteroatoms. The van der Waals surface area contributed by atoms with Crippen molar-refractivity contribution >= 4 is 16.1 Å². The topological polar surface area (TPSA) is 87.4 Å². The Bertz CT molecular complexity index is 266. The highest BCUT2D eigenvalue weighted by Crippen LogP contribution is 1.86. The van der Waals surface area contributed by atoms with Gasteiger partial charge in [0, 0.05) is 0 Å². The molecule has 0 fully saturated rings. The predicted molar refractivity (Wildman–Crippen MR) is 27.5 cm³/mol. The van der Waals surface area contributed by atoms with Crippen molar-refractivity contribution in [2.75, 3.05) is 5.75 Å². The number of isocyanates is 1. The molecule has 0 aliphatic heterocycles. The van der Waals surface area contributed by atoms with E-state index in [0.29, 0.717) is 0 Å². The van der Waals surface area contributed by atoms with Gasteiger partial charge >= 0.3 is 0 Å². The Kier molecular flexibility index (Phi) is 2.58. The van der Waals surface area contributed by atoms with Crippen LogP contribution in [0.3, 0.4) is 0 Å². The maximum Gasteiger partial charge on any atom is 0.276 e. The molecule has 0 unspecified atom stereocenters. The van der Waals surface area contributed by atoms with E-state index in [1.54, 1.807) is 0 Å². The van der Waals surface area contributed by atoms with Crippen LogP contribution in [0.25, 0.3) is 0 Å². The Labute approximate surface area is 51.7 Å². The third-order valence-corrected chi connectivity index (χ3v) is 1.27. The Morgan fingerprint density at radius 1 is 1.56 bits per heavy atom. The van der Waals surface area contributed by atoms with Crippen molar-refractivity contribution in [1.29, 1.82) is 5.26 Å². The summed E-state index contributed by atoms with van der Waals surface area (Å²) in [6.45, 7) is 0. The van der Waals surface area contributed by atoms with Gasteiger partial charge in [0.05, 0.1) is 6.07 Å². The first-order valence-electron chi connectivity index (χ1n) is 1.81. The molecular formula is C3H2N2O3S. The van der Waals surface area contributed by atoms with E-state index in [-0.39, 0.29) is 0 Å². The largest absolute Gasteiger partial charge is 0.276 e. The second-order valence-corrected chi connectivity index (χ2v) is 2.70. The zero-order valence-corrected chi connectivity index (χ0v) is 5.05. The highest BCUT2D eigenvalue weighted by molar-refractivity contribution is 7.90. The van der Waals surface area contributed by atoms with Crippen molar-refractivity contribution < 1.29 is 13.2 Å². The van der Waals surface area contributed by atoms with Gasteiger partial charge in [0.1, 0.15) is 0 Å². The van der Waals surface area contributed by atoms with Gasteiger partial charge in [0.2, 0.25) is 0 Å². The standard InChI is InChI=1S/C3H2N2O3S/c4-1-2-9(7,8)5-3-6/h2H2. The van der Waals surface area contributed by atoms with Gasteiger partial charge in [-0.25, -0.2) is 13.2 Å². The first kappa shape index (κ1) is 7.82. The number of sulfonamides is 1. The molecule has 0 rings (SSSR count). The zero-order valence-electron chi connectivity index (χ0n) is 4.23. The van der Waals surface area contributed by atoms with Crippen LogP contribution in [0.1, 0.15) is 0 Å². The van der Waals surface area contributed by atoms with E-state index in [1.165, 1.54) is 6.07 Å². The minimum absolute atomic E-state index is 0.776. The molecular weight excluding hydrogens is 144 g/mol. The monoisotopic (exact) mass is 146 g/mol. The van der Waals surface area contributed by atoms with Crippen molar-refractivity contribution in [1.82, 2.24) is 0 Å². The first-order valence-corrected chi connectivity index (χ1v) is 3.42. The lowest BCUT2D eigenvalue weighted by Gasteiger charge is -1.79. The molecule has 48 valence electrons. The maximum atomic E-state index is 10.2. The molecule has 0 N–H and O–H groups in total. The third-order valence-electron chi connectivity index (χ3n) is 0.423. The van der Waals surface area contributed by atoms with Crippen molar-refractivity contribution in [3.63, 3.8) is 0 Å². The average Bonchev–Trinajstić information content (AvgIpc) is 1.64. The van der Waals surface area contributed by atoms with Gasteiger partial charge in [-0.3, -0.25) is 0 Å². The number of rotatable bonds is 2. The van der Waals surface area contributed by atoms with Crippen LogP contribution < -0.4 is 0 Å². The molecule has 0 aromatic rings. The Balaban J connectivity index is 4.46. The van der Waals surface area contributed by atoms with E-state index in [4.69, 9.17) is 5.26 Å². The molecule has 0 saturated heterocycles. The molecule has 0 heterocycles. The number of hydrogen-bond donors (Lipinski definition) is 0. The summed E-state index contributed by atoms with van der Waals surface area (Å²) in [6.07, 6.45) is 0.829. The second kappa shape index (κ2) is 2.97. The fourth-order valence-corrected chi connectivity index (χ4v) is 0.512. The van der Waals surface area contributed by atoms with Crippen molar-refractivity contribution in [3.8, 4) is 6.07 Å². The van der Waals surface area contributed by atoms with Gasteiger partial charge < -0.3 is 0 Å². The quantitative estimate of drug-likeness (QED) is 0.376. The Morgan fingerprint density at radius 2 is 2.11 bits per heavy atom. The van der Waals surface area contributed by atoms with E-state index >= 15 is 0 Å². The van der Waals surface area contributed by atoms with Crippen molar-refractivity contribution in [3.05, 3.63) is 0 Å². The molecule has 0 aliphatic rings. The highest BCUT2D eigenvalue weighted by atomic mass is 32.2. The number of nitriles is 1. The summed E-state index contributed by atoms with van der Waals surface area (Å²) in [5.41, 5.74) is 0. The summed E-state index contributed by atoms with van der Waals surface area (Å²) in [7, 11) is -3.84. The van der Waals surface area contributed by atoms with Gasteiger partial charge in [0.25, 0.3) is 16.1 Å². The average molecular weight is 146 g/mol. The van der Waals surface area contributed by atoms with Crippen LogP contribution in [0.2, 0.25) is 0 Å². The summed E-state index contributed by atoms with van der Waals surface area (Å²) >= 11 is 0. The first-order chi connectivity index (χ1) is 4.12. The van der Waals surface area contributed by atoms with E-state index in [0.717, 1.165) is 6.08 Å². The molecule has 0 aromatic carbocycles. The Morgan fingerprint density at radius 3 is 2.44 bits per heavy atom. The summed E-state index contributed by atoms with van der Waals surface area (Å²) in [4.78, 5) is 9.32. The van der Waals surface area contributed by atoms with E-state index < -0.39 is 15.8 Å². The predicted octanol–water partition coefficient (Wildman–Crippen LogP) is -0.824. The summed E-state index contributed by atoms with van der Waals surface area (Å²) in [5.74, 6) is -0.776. The van der Waals surface area contributed by atoms with Crippen LogP contribution in [-0.2, 0) is 14.8 Å². The van der Waals surface area contributed by atoms with Crippen LogP contribution in [0.15, 0.2) is 4.40 Å². The zero-order chi connectivity index (χ0) is 7.33. The van der Waals surface area contributed by atoms with E-state index in [1.807, 2.05) is 0 Å². The molecule has 0 spiro atoms. The highest BCUT2D eigenvalue weighted by Gasteiger charge is 2.04. The van der Waals surface area contributed by atoms with Gasteiger partial charge in [0.15, 0.2) is 5.75 Å². The van der Waals surface area contributed by atoms with Gasteiger partial charge in [-0.1, -0.05) is 4.40 Å². The Hall–Kier alpha value is -1.18. The van der Waals surface area contributed by atoms with Crippen LogP contribution in [-0.4, -0.2) is 20.3 Å². The van der Waals surface area contributed by atoms with E-state index in [9.17, 15) is 13.2 Å². The van der Waals surface area contributed by atoms with Gasteiger partial charge in [-0.2, -0.15) is 5.26 Å². The van der Waals surface area contributed by atoms with E-state index in [2.05, 4.69) is 4.40 Å². The van der Waals surface area contributed by atoms with Crippen LogP contribution in [0.4, 0.5) is 0 Å². The van der Waals surface area contributed by atoms with Gasteiger partial charge in [-0.05, 0) is 0 Å². The van der Waals surface area contributed by atoms with Crippen molar-refractivity contribution in [2.24, 2.45) is 4.40 Å². The maximum absolute atomic E-state index is 10.2. The molecule has 0 aromatic heterocycles. The van der Waals surface area contributed by atoms with Crippen LogP contribution in [0.5, 0.6) is 0 Å². The molecule has 5 nitrogen and oxygen atoms in total. The molecule has 0 atom stereocenters. The summed E-state index contributed by atoms with van der Waals surface area (Å²) in [5, 5.41) is 7.81. The minimum atomic E-state index is -3.84. The smallest absolute Gasteiger partial charge is 0.210 e. The molecule has 0 amide bonds. The fraction of sp³-hybridized carbons (Fsp3) is 0.333. The lowest BCUT2D eigenvalue weighted by Crippen LogP contribution is -1.98. The lowest BCUT2D eigenvalue weighted by molar-refractivity contribution is 0.564.